The van der Waals surface area contributed by atoms with Crippen LogP contribution in [-0.4, -0.2) is 69.2 Å². The van der Waals surface area contributed by atoms with Crippen LogP contribution in [-0.2, 0) is 4.79 Å². The van der Waals surface area contributed by atoms with Gasteiger partial charge < -0.3 is 29.3 Å². The second kappa shape index (κ2) is 11.2. The first-order valence-electron chi connectivity index (χ1n) is 11.1. The third-order valence-electron chi connectivity index (χ3n) is 5.76. The van der Waals surface area contributed by atoms with Gasteiger partial charge in [0.2, 0.25) is 11.7 Å². The van der Waals surface area contributed by atoms with Crippen LogP contribution in [0.1, 0.15) is 36.4 Å². The summed E-state index contributed by atoms with van der Waals surface area (Å²) in [5.41, 5.74) is 0.521. The molecule has 3 rings (SSSR count). The smallest absolute Gasteiger partial charge is 0.267 e. The van der Waals surface area contributed by atoms with Gasteiger partial charge in [-0.25, -0.2) is 4.98 Å². The molecule has 1 atom stereocenters. The Morgan fingerprint density at radius 1 is 1.15 bits per heavy atom. The molecule has 1 saturated heterocycles. The van der Waals surface area contributed by atoms with Gasteiger partial charge in [-0.2, -0.15) is 0 Å². The standard InChI is InChI=1S/C23H32N4O5S/c1-6-26(7-2)22(29)15-9-8-10-27(14-15)23-24-13-19(33-23)21(28)25-16-11-17(30-3)20(32-5)18(12-16)31-4/h11-13,15H,6-10,14H2,1-5H3,(H,25,28). The monoisotopic (exact) mass is 476 g/mol. The van der Waals surface area contributed by atoms with Crippen molar-refractivity contribution in [2.75, 3.05) is 57.7 Å². The lowest BCUT2D eigenvalue weighted by molar-refractivity contribution is -0.135. The lowest BCUT2D eigenvalue weighted by atomic mass is 9.97. The van der Waals surface area contributed by atoms with Crippen molar-refractivity contribution >= 4 is 34.0 Å². The number of nitrogens with one attached hydrogen (secondary N) is 1. The number of anilines is 2. The van der Waals surface area contributed by atoms with Gasteiger partial charge >= 0.3 is 0 Å². The van der Waals surface area contributed by atoms with E-state index in [1.54, 1.807) is 18.3 Å². The van der Waals surface area contributed by atoms with Crippen LogP contribution in [0.2, 0.25) is 0 Å². The first-order valence-corrected chi connectivity index (χ1v) is 11.9. The average Bonchev–Trinajstić information content (AvgIpc) is 3.34. The average molecular weight is 477 g/mol. The summed E-state index contributed by atoms with van der Waals surface area (Å²) in [6, 6.07) is 3.35. The molecule has 1 aromatic carbocycles. The van der Waals surface area contributed by atoms with Crippen molar-refractivity contribution in [3.63, 3.8) is 0 Å². The number of hydrogen-bond donors (Lipinski definition) is 1. The molecule has 1 unspecified atom stereocenters. The summed E-state index contributed by atoms with van der Waals surface area (Å²) in [5, 5.41) is 3.62. The minimum Gasteiger partial charge on any atom is -0.493 e. The van der Waals surface area contributed by atoms with E-state index in [0.29, 0.717) is 47.4 Å². The molecule has 2 aromatic rings. The SMILES string of the molecule is CCN(CC)C(=O)C1CCCN(c2ncc(C(=O)Nc3cc(OC)c(OC)c(OC)c3)s2)C1. The van der Waals surface area contributed by atoms with Gasteiger partial charge in [-0.15, -0.1) is 0 Å². The highest BCUT2D eigenvalue weighted by Crippen LogP contribution is 2.40. The fourth-order valence-electron chi connectivity index (χ4n) is 4.01. The van der Waals surface area contributed by atoms with Crippen LogP contribution in [0.15, 0.2) is 18.3 Å². The lowest BCUT2D eigenvalue weighted by Gasteiger charge is -2.34. The van der Waals surface area contributed by atoms with Gasteiger partial charge in [0.15, 0.2) is 16.6 Å². The summed E-state index contributed by atoms with van der Waals surface area (Å²) < 4.78 is 16.0. The predicted octanol–water partition coefficient (Wildman–Crippen LogP) is 3.51. The number of carbonyl (C=O) groups excluding carboxylic acids is 2. The van der Waals surface area contributed by atoms with Crippen LogP contribution in [0, 0.1) is 5.92 Å². The molecule has 0 saturated carbocycles. The number of methoxy groups -OCH3 is 3. The number of amides is 2. The van der Waals surface area contributed by atoms with Crippen LogP contribution >= 0.6 is 11.3 Å². The zero-order valence-corrected chi connectivity index (χ0v) is 20.7. The van der Waals surface area contributed by atoms with E-state index in [-0.39, 0.29) is 17.7 Å². The van der Waals surface area contributed by atoms with Crippen LogP contribution < -0.4 is 24.4 Å². The fourth-order valence-corrected chi connectivity index (χ4v) is 4.85. The summed E-state index contributed by atoms with van der Waals surface area (Å²) in [7, 11) is 4.57. The van der Waals surface area contributed by atoms with Crippen molar-refractivity contribution in [2.45, 2.75) is 26.7 Å². The molecule has 1 N–H and O–H groups in total. The number of carbonyl (C=O) groups is 2. The zero-order chi connectivity index (χ0) is 24.0. The largest absolute Gasteiger partial charge is 0.493 e. The second-order valence-electron chi connectivity index (χ2n) is 7.67. The van der Waals surface area contributed by atoms with Gasteiger partial charge in [0.25, 0.3) is 5.91 Å². The number of rotatable bonds is 9. The summed E-state index contributed by atoms with van der Waals surface area (Å²) >= 11 is 1.32. The molecular formula is C23H32N4O5S. The Hall–Kier alpha value is -3.01. The Labute approximate surface area is 198 Å². The highest BCUT2D eigenvalue weighted by molar-refractivity contribution is 7.17. The van der Waals surface area contributed by atoms with E-state index in [1.165, 1.54) is 32.7 Å². The zero-order valence-electron chi connectivity index (χ0n) is 19.8. The first-order chi connectivity index (χ1) is 15.9. The van der Waals surface area contributed by atoms with Gasteiger partial charge in [0.05, 0.1) is 33.4 Å². The molecule has 1 aliphatic heterocycles. The molecule has 9 nitrogen and oxygen atoms in total. The molecule has 33 heavy (non-hydrogen) atoms. The van der Waals surface area contributed by atoms with Crippen molar-refractivity contribution < 1.29 is 23.8 Å². The molecule has 10 heteroatoms. The fraction of sp³-hybridized carbons (Fsp3) is 0.522. The van der Waals surface area contributed by atoms with Gasteiger partial charge in [-0.05, 0) is 26.7 Å². The summed E-state index contributed by atoms with van der Waals surface area (Å²) in [6.07, 6.45) is 3.37. The van der Waals surface area contributed by atoms with Crippen molar-refractivity contribution in [3.8, 4) is 17.2 Å². The number of thiazole rings is 1. The summed E-state index contributed by atoms with van der Waals surface area (Å²) in [5.74, 6) is 1.24. The van der Waals surface area contributed by atoms with Crippen molar-refractivity contribution in [3.05, 3.63) is 23.2 Å². The summed E-state index contributed by atoms with van der Waals surface area (Å²) in [4.78, 5) is 34.6. The molecule has 2 amide bonds. The van der Waals surface area contributed by atoms with Crippen molar-refractivity contribution in [2.24, 2.45) is 5.92 Å². The lowest BCUT2D eigenvalue weighted by Crippen LogP contribution is -2.44. The Morgan fingerprint density at radius 3 is 2.39 bits per heavy atom. The second-order valence-corrected chi connectivity index (χ2v) is 8.68. The van der Waals surface area contributed by atoms with E-state index >= 15 is 0 Å². The number of nitrogens with zero attached hydrogens (tertiary/aromatic N) is 3. The molecule has 180 valence electrons. The Balaban J connectivity index is 1.71. The van der Waals surface area contributed by atoms with E-state index in [2.05, 4.69) is 15.2 Å². The number of ether oxygens (including phenoxy) is 3. The van der Waals surface area contributed by atoms with Crippen molar-refractivity contribution in [1.82, 2.24) is 9.88 Å². The summed E-state index contributed by atoms with van der Waals surface area (Å²) in [6.45, 7) is 6.88. The number of hydrogen-bond acceptors (Lipinski definition) is 8. The Morgan fingerprint density at radius 2 is 1.82 bits per heavy atom. The molecule has 0 aliphatic carbocycles. The number of aromatic nitrogens is 1. The van der Waals surface area contributed by atoms with Crippen LogP contribution in [0.25, 0.3) is 0 Å². The van der Waals surface area contributed by atoms with Crippen molar-refractivity contribution in [1.29, 1.82) is 0 Å². The molecule has 0 spiro atoms. The highest BCUT2D eigenvalue weighted by Gasteiger charge is 2.30. The van der Waals surface area contributed by atoms with Gasteiger partial charge in [-0.3, -0.25) is 9.59 Å². The maximum Gasteiger partial charge on any atom is 0.267 e. The molecule has 1 fully saturated rings. The maximum absolute atomic E-state index is 12.9. The molecule has 1 aromatic heterocycles. The van der Waals surface area contributed by atoms with Gasteiger partial charge in [-0.1, -0.05) is 11.3 Å². The third-order valence-corrected chi connectivity index (χ3v) is 6.81. The van der Waals surface area contributed by atoms with E-state index in [9.17, 15) is 9.59 Å². The van der Waals surface area contributed by atoms with E-state index < -0.39 is 0 Å². The van der Waals surface area contributed by atoms with E-state index in [1.807, 2.05) is 18.7 Å². The van der Waals surface area contributed by atoms with E-state index in [0.717, 1.165) is 24.5 Å². The highest BCUT2D eigenvalue weighted by atomic mass is 32.1. The topological polar surface area (TPSA) is 93.2 Å². The Bertz CT molecular complexity index is 951. The normalized spacial score (nSPS) is 15.7. The third kappa shape index (κ3) is 5.50. The number of piperidine rings is 1. The van der Waals surface area contributed by atoms with Gasteiger partial charge in [0.1, 0.15) is 4.88 Å². The minimum absolute atomic E-state index is 0.0425. The van der Waals surface area contributed by atoms with Gasteiger partial charge in [0, 0.05) is 44.0 Å². The molecule has 0 bridgehead atoms. The Kier molecular flexibility index (Phi) is 8.37. The quantitative estimate of drug-likeness (QED) is 0.592. The van der Waals surface area contributed by atoms with Crippen LogP contribution in [0.5, 0.6) is 17.2 Å². The van der Waals surface area contributed by atoms with Crippen LogP contribution in [0.3, 0.4) is 0 Å². The maximum atomic E-state index is 12.9. The first kappa shape index (κ1) is 24.6. The van der Waals surface area contributed by atoms with Crippen LogP contribution in [0.4, 0.5) is 10.8 Å². The molecule has 1 aliphatic rings. The minimum atomic E-state index is -0.277. The molecule has 0 radical (unpaired) electrons. The number of benzene rings is 1. The molecular weight excluding hydrogens is 444 g/mol. The predicted molar refractivity (Wildman–Crippen MR) is 129 cm³/mol. The van der Waals surface area contributed by atoms with E-state index in [4.69, 9.17) is 14.2 Å². The molecule has 2 heterocycles.